The fourth-order valence-corrected chi connectivity index (χ4v) is 4.38. The van der Waals surface area contributed by atoms with Gasteiger partial charge in [-0.25, -0.2) is 4.98 Å². The first-order chi connectivity index (χ1) is 12.3. The van der Waals surface area contributed by atoms with Crippen molar-refractivity contribution in [1.29, 1.82) is 0 Å². The molecule has 3 heterocycles. The second-order valence-electron chi connectivity index (χ2n) is 7.39. The molecule has 1 saturated carbocycles. The van der Waals surface area contributed by atoms with Gasteiger partial charge in [-0.05, 0) is 47.6 Å². The highest BCUT2D eigenvalue weighted by Crippen LogP contribution is 2.51. The molecule has 0 amide bonds. The molecule has 1 saturated heterocycles. The summed E-state index contributed by atoms with van der Waals surface area (Å²) < 4.78 is 11.7. The Bertz CT molecular complexity index is 752. The van der Waals surface area contributed by atoms with E-state index in [1.807, 2.05) is 12.1 Å². The van der Waals surface area contributed by atoms with Crippen LogP contribution in [-0.2, 0) is 6.54 Å². The number of piperidine rings is 1. The first-order valence-electron chi connectivity index (χ1n) is 9.07. The highest BCUT2D eigenvalue weighted by atomic mass is 16.6. The predicted octanol–water partition coefficient (Wildman–Crippen LogP) is 2.23. The molecule has 0 unspecified atom stereocenters. The van der Waals surface area contributed by atoms with Crippen molar-refractivity contribution in [3.63, 3.8) is 0 Å². The quantitative estimate of drug-likeness (QED) is 0.927. The summed E-state index contributed by atoms with van der Waals surface area (Å²) in [4.78, 5) is 6.79. The number of hydrogen-bond donors (Lipinski definition) is 1. The third-order valence-corrected chi connectivity index (χ3v) is 5.86. The van der Waals surface area contributed by atoms with Crippen molar-refractivity contribution in [2.45, 2.75) is 12.6 Å². The lowest BCUT2D eigenvalue weighted by Crippen LogP contribution is -2.26. The second kappa shape index (κ2) is 6.00. The maximum absolute atomic E-state index is 5.98. The number of likely N-dealkylation sites (tertiary alicyclic amines) is 1. The van der Waals surface area contributed by atoms with Crippen LogP contribution in [0.2, 0.25) is 0 Å². The standard InChI is InChI=1S/C20H23N3O2/c21-8-15-16-10-23(11-17(15)16)9-13-3-5-14(6-4-13)19-12-24-18-2-1-7-22-20(18)25-19/h1-7,15-17,19H,8-12,21H2/t15-,16-,17+,19-/m1/s1. The molecule has 5 rings (SSSR count). The van der Waals surface area contributed by atoms with Crippen LogP contribution in [0.5, 0.6) is 11.6 Å². The maximum Gasteiger partial charge on any atom is 0.257 e. The SMILES string of the molecule is NC[C@@H]1[C@H]2CN(Cc3ccc([C@H]4COc5cccnc5O4)cc3)C[C@@H]12. The van der Waals surface area contributed by atoms with Crippen molar-refractivity contribution in [2.24, 2.45) is 23.5 Å². The van der Waals surface area contributed by atoms with E-state index in [2.05, 4.69) is 34.1 Å². The zero-order valence-electron chi connectivity index (χ0n) is 14.2. The molecule has 130 valence electrons. The largest absolute Gasteiger partial charge is 0.484 e. The molecule has 1 aromatic heterocycles. The number of ether oxygens (including phenoxy) is 2. The van der Waals surface area contributed by atoms with Crippen LogP contribution in [0.15, 0.2) is 42.6 Å². The Balaban J connectivity index is 1.21. The average Bonchev–Trinajstić information content (AvgIpc) is 3.15. The lowest BCUT2D eigenvalue weighted by atomic mass is 10.1. The number of aromatic nitrogens is 1. The van der Waals surface area contributed by atoms with Crippen molar-refractivity contribution in [3.05, 3.63) is 53.7 Å². The molecule has 0 spiro atoms. The molecule has 0 bridgehead atoms. The van der Waals surface area contributed by atoms with Crippen molar-refractivity contribution in [2.75, 3.05) is 26.2 Å². The van der Waals surface area contributed by atoms with Crippen molar-refractivity contribution < 1.29 is 9.47 Å². The Kier molecular flexibility index (Phi) is 3.64. The molecular weight excluding hydrogens is 314 g/mol. The van der Waals surface area contributed by atoms with Gasteiger partial charge in [-0.2, -0.15) is 0 Å². The van der Waals surface area contributed by atoms with Gasteiger partial charge in [-0.15, -0.1) is 0 Å². The van der Waals surface area contributed by atoms with Gasteiger partial charge in [0.25, 0.3) is 5.88 Å². The van der Waals surface area contributed by atoms with E-state index in [1.165, 1.54) is 18.7 Å². The summed E-state index contributed by atoms with van der Waals surface area (Å²) in [5.41, 5.74) is 8.28. The van der Waals surface area contributed by atoms with E-state index in [4.69, 9.17) is 15.2 Å². The Morgan fingerprint density at radius 3 is 2.68 bits per heavy atom. The molecule has 0 radical (unpaired) electrons. The number of nitrogens with two attached hydrogens (primary N) is 1. The van der Waals surface area contributed by atoms with E-state index in [0.29, 0.717) is 12.5 Å². The molecule has 25 heavy (non-hydrogen) atoms. The normalized spacial score (nSPS) is 30.1. The fourth-order valence-electron chi connectivity index (χ4n) is 4.38. The van der Waals surface area contributed by atoms with Gasteiger partial charge in [-0.1, -0.05) is 24.3 Å². The molecule has 1 aliphatic carbocycles. The minimum atomic E-state index is -0.0961. The summed E-state index contributed by atoms with van der Waals surface area (Å²) in [5, 5.41) is 0. The molecule has 2 fully saturated rings. The van der Waals surface area contributed by atoms with E-state index in [-0.39, 0.29) is 6.10 Å². The third-order valence-electron chi connectivity index (χ3n) is 5.86. The van der Waals surface area contributed by atoms with E-state index >= 15 is 0 Å². The summed E-state index contributed by atoms with van der Waals surface area (Å²) in [6, 6.07) is 12.5. The number of fused-ring (bicyclic) bond motifs is 2. The summed E-state index contributed by atoms with van der Waals surface area (Å²) in [6.45, 7) is 4.82. The van der Waals surface area contributed by atoms with E-state index < -0.39 is 0 Å². The summed E-state index contributed by atoms with van der Waals surface area (Å²) in [7, 11) is 0. The van der Waals surface area contributed by atoms with Crippen LogP contribution >= 0.6 is 0 Å². The van der Waals surface area contributed by atoms with Gasteiger partial charge in [0.2, 0.25) is 0 Å². The number of nitrogens with zero attached hydrogens (tertiary/aromatic N) is 2. The zero-order valence-corrected chi connectivity index (χ0v) is 14.2. The molecule has 1 aromatic carbocycles. The van der Waals surface area contributed by atoms with E-state index in [0.717, 1.165) is 42.2 Å². The molecule has 3 aliphatic rings. The average molecular weight is 337 g/mol. The summed E-state index contributed by atoms with van der Waals surface area (Å²) in [6.07, 6.45) is 1.63. The van der Waals surface area contributed by atoms with Crippen LogP contribution in [0.3, 0.4) is 0 Å². The minimum absolute atomic E-state index is 0.0961. The summed E-state index contributed by atoms with van der Waals surface area (Å²) >= 11 is 0. The van der Waals surface area contributed by atoms with Gasteiger partial charge in [0.05, 0.1) is 0 Å². The lowest BCUT2D eigenvalue weighted by molar-refractivity contribution is 0.0851. The van der Waals surface area contributed by atoms with Crippen LogP contribution in [0, 0.1) is 17.8 Å². The van der Waals surface area contributed by atoms with Crippen molar-refractivity contribution in [1.82, 2.24) is 9.88 Å². The summed E-state index contributed by atoms with van der Waals surface area (Å²) in [5.74, 6) is 3.79. The molecular formula is C20H23N3O2. The van der Waals surface area contributed by atoms with Gasteiger partial charge in [0, 0.05) is 25.8 Å². The van der Waals surface area contributed by atoms with Crippen LogP contribution in [0.4, 0.5) is 0 Å². The highest BCUT2D eigenvalue weighted by Gasteiger charge is 2.54. The lowest BCUT2D eigenvalue weighted by Gasteiger charge is -2.26. The van der Waals surface area contributed by atoms with Gasteiger partial charge in [-0.3, -0.25) is 4.90 Å². The molecule has 2 aromatic rings. The van der Waals surface area contributed by atoms with Crippen LogP contribution in [-0.4, -0.2) is 36.1 Å². The topological polar surface area (TPSA) is 60.6 Å². The third kappa shape index (κ3) is 2.77. The number of hydrogen-bond acceptors (Lipinski definition) is 5. The van der Waals surface area contributed by atoms with E-state index in [9.17, 15) is 0 Å². The van der Waals surface area contributed by atoms with Gasteiger partial charge < -0.3 is 15.2 Å². The highest BCUT2D eigenvalue weighted by molar-refractivity contribution is 5.36. The number of rotatable bonds is 4. The Morgan fingerprint density at radius 2 is 1.92 bits per heavy atom. The predicted molar refractivity (Wildman–Crippen MR) is 94.3 cm³/mol. The second-order valence-corrected chi connectivity index (χ2v) is 7.39. The van der Waals surface area contributed by atoms with Crippen LogP contribution < -0.4 is 15.2 Å². The van der Waals surface area contributed by atoms with Crippen LogP contribution in [0.1, 0.15) is 17.2 Å². The fraction of sp³-hybridized carbons (Fsp3) is 0.450. The Hall–Kier alpha value is -2.11. The monoisotopic (exact) mass is 337 g/mol. The van der Waals surface area contributed by atoms with Gasteiger partial charge in [0.15, 0.2) is 11.9 Å². The molecule has 5 nitrogen and oxygen atoms in total. The molecule has 2 N–H and O–H groups in total. The first kappa shape index (κ1) is 15.2. The van der Waals surface area contributed by atoms with Crippen molar-refractivity contribution >= 4 is 0 Å². The van der Waals surface area contributed by atoms with E-state index in [1.54, 1.807) is 6.20 Å². The number of pyridine rings is 1. The minimum Gasteiger partial charge on any atom is -0.484 e. The van der Waals surface area contributed by atoms with Crippen molar-refractivity contribution in [3.8, 4) is 11.6 Å². The number of benzene rings is 1. The Morgan fingerprint density at radius 1 is 1.12 bits per heavy atom. The molecule has 5 heteroatoms. The molecule has 2 aliphatic heterocycles. The Labute approximate surface area is 147 Å². The zero-order chi connectivity index (χ0) is 16.8. The van der Waals surface area contributed by atoms with Gasteiger partial charge >= 0.3 is 0 Å². The maximum atomic E-state index is 5.98. The molecule has 4 atom stereocenters. The van der Waals surface area contributed by atoms with Crippen LogP contribution in [0.25, 0.3) is 0 Å². The smallest absolute Gasteiger partial charge is 0.257 e. The van der Waals surface area contributed by atoms with Gasteiger partial charge in [0.1, 0.15) is 6.61 Å². The first-order valence-corrected chi connectivity index (χ1v) is 9.07.